The van der Waals surface area contributed by atoms with Crippen molar-refractivity contribution in [3.63, 3.8) is 0 Å². The van der Waals surface area contributed by atoms with Crippen LogP contribution in [0.25, 0.3) is 22.2 Å². The maximum atomic E-state index is 12.8. The van der Waals surface area contributed by atoms with E-state index in [1.54, 1.807) is 36.4 Å². The van der Waals surface area contributed by atoms with Crippen LogP contribution in [0.1, 0.15) is 42.7 Å². The largest absolute Gasteiger partial charge is 0.481 e. The highest BCUT2D eigenvalue weighted by Gasteiger charge is 2.30. The molecule has 9 heteroatoms. The van der Waals surface area contributed by atoms with Crippen molar-refractivity contribution >= 4 is 50.1 Å². The highest BCUT2D eigenvalue weighted by atomic mass is 35.5. The van der Waals surface area contributed by atoms with Crippen LogP contribution in [0, 0.1) is 0 Å². The number of para-hydroxylation sites is 1. The van der Waals surface area contributed by atoms with Gasteiger partial charge in [-0.25, -0.2) is 13.6 Å². The lowest BCUT2D eigenvalue weighted by Crippen LogP contribution is -2.20. The molecule has 0 spiro atoms. The third-order valence-corrected chi connectivity index (χ3v) is 7.69. The molecule has 1 saturated carbocycles. The number of aliphatic carboxylic acids is 1. The number of alkyl halides is 1. The molecule has 4 N–H and O–H groups in total. The lowest BCUT2D eigenvalue weighted by Gasteiger charge is -2.27. The van der Waals surface area contributed by atoms with Crippen LogP contribution in [-0.4, -0.2) is 29.9 Å². The van der Waals surface area contributed by atoms with Crippen molar-refractivity contribution in [2.24, 2.45) is 5.14 Å². The van der Waals surface area contributed by atoms with Crippen LogP contribution in [0.15, 0.2) is 41.3 Å². The number of H-pyrrole nitrogens is 1. The van der Waals surface area contributed by atoms with Crippen LogP contribution in [0.3, 0.4) is 0 Å². The zero-order valence-corrected chi connectivity index (χ0v) is 18.9. The van der Waals surface area contributed by atoms with Gasteiger partial charge in [0.15, 0.2) is 0 Å². The molecule has 0 atom stereocenters. The van der Waals surface area contributed by atoms with Gasteiger partial charge >= 0.3 is 5.97 Å². The summed E-state index contributed by atoms with van der Waals surface area (Å²) < 4.78 is 25.5. The molecule has 0 saturated heterocycles. The van der Waals surface area contributed by atoms with Crippen molar-refractivity contribution in [3.05, 3.63) is 52.5 Å². The van der Waals surface area contributed by atoms with E-state index in [4.69, 9.17) is 28.3 Å². The van der Waals surface area contributed by atoms with Gasteiger partial charge in [0.05, 0.1) is 27.5 Å². The van der Waals surface area contributed by atoms with Crippen LogP contribution in [0.5, 0.6) is 0 Å². The summed E-state index contributed by atoms with van der Waals surface area (Å²) in [4.78, 5) is 14.8. The molecule has 0 unspecified atom stereocenters. The first-order valence-electron chi connectivity index (χ1n) is 9.97. The van der Waals surface area contributed by atoms with Crippen molar-refractivity contribution in [3.8, 4) is 11.3 Å². The average molecular weight is 481 g/mol. The van der Waals surface area contributed by atoms with Crippen LogP contribution < -0.4 is 5.14 Å². The maximum absolute atomic E-state index is 12.8. The number of aromatic amines is 1. The number of nitrogens with one attached hydrogen (secondary N) is 1. The summed E-state index contributed by atoms with van der Waals surface area (Å²) in [7, 11) is -4.10. The number of benzene rings is 2. The van der Waals surface area contributed by atoms with Gasteiger partial charge in [-0.2, -0.15) is 0 Å². The van der Waals surface area contributed by atoms with Gasteiger partial charge in [0.2, 0.25) is 10.0 Å². The Hall–Kier alpha value is -2.06. The number of aromatic nitrogens is 1. The van der Waals surface area contributed by atoms with E-state index >= 15 is 0 Å². The van der Waals surface area contributed by atoms with Gasteiger partial charge in [0.25, 0.3) is 0 Å². The Morgan fingerprint density at radius 1 is 1.13 bits per heavy atom. The molecule has 6 nitrogen and oxygen atoms in total. The second-order valence-corrected chi connectivity index (χ2v) is 10.5. The number of primary sulfonamides is 1. The van der Waals surface area contributed by atoms with E-state index in [0.29, 0.717) is 38.3 Å². The lowest BCUT2D eigenvalue weighted by molar-refractivity contribution is -0.136. The molecule has 1 heterocycles. The van der Waals surface area contributed by atoms with Gasteiger partial charge in [-0.3, -0.25) is 4.79 Å². The van der Waals surface area contributed by atoms with Gasteiger partial charge in [0, 0.05) is 16.3 Å². The van der Waals surface area contributed by atoms with E-state index in [-0.39, 0.29) is 22.6 Å². The molecule has 1 aliphatic rings. The molecule has 4 rings (SSSR count). The normalized spacial score (nSPS) is 19.6. The Balaban J connectivity index is 1.99. The molecule has 0 bridgehead atoms. The molecule has 2 aromatic carbocycles. The quantitative estimate of drug-likeness (QED) is 0.444. The monoisotopic (exact) mass is 480 g/mol. The highest BCUT2D eigenvalue weighted by molar-refractivity contribution is 7.89. The van der Waals surface area contributed by atoms with Gasteiger partial charge in [-0.15, -0.1) is 11.6 Å². The van der Waals surface area contributed by atoms with Crippen molar-refractivity contribution in [2.45, 2.75) is 48.3 Å². The molecule has 3 aromatic rings. The summed E-state index contributed by atoms with van der Waals surface area (Å²) in [6.07, 6.45) is 2.84. The Bertz CT molecular complexity index is 1260. The van der Waals surface area contributed by atoms with E-state index in [9.17, 15) is 18.3 Å². The Kier molecular flexibility index (Phi) is 6.05. The Morgan fingerprint density at radius 3 is 2.45 bits per heavy atom. The summed E-state index contributed by atoms with van der Waals surface area (Å²) in [6, 6.07) is 10.4. The minimum atomic E-state index is -4.10. The number of fused-ring (bicyclic) bond motifs is 1. The average Bonchev–Trinajstić information content (AvgIpc) is 3.06. The van der Waals surface area contributed by atoms with Crippen LogP contribution >= 0.6 is 23.2 Å². The summed E-state index contributed by atoms with van der Waals surface area (Å²) in [5, 5.41) is 16.3. The second-order valence-electron chi connectivity index (χ2n) is 7.93. The topological polar surface area (TPSA) is 113 Å². The van der Waals surface area contributed by atoms with Gasteiger partial charge in [-0.1, -0.05) is 41.9 Å². The molecular weight excluding hydrogens is 459 g/mol. The number of sulfonamides is 1. The molecule has 1 aliphatic carbocycles. The third kappa shape index (κ3) is 4.32. The van der Waals surface area contributed by atoms with Crippen molar-refractivity contribution < 1.29 is 18.3 Å². The number of nitrogens with two attached hydrogens (primary N) is 1. The number of carboxylic acids is 1. The molecule has 0 radical (unpaired) electrons. The van der Waals surface area contributed by atoms with Crippen LogP contribution in [0.2, 0.25) is 5.02 Å². The summed E-state index contributed by atoms with van der Waals surface area (Å²) >= 11 is 12.6. The predicted octanol–water partition coefficient (Wildman–Crippen LogP) is 5.03. The maximum Gasteiger partial charge on any atom is 0.307 e. The third-order valence-electron chi connectivity index (χ3n) is 5.91. The minimum absolute atomic E-state index is 0.0131. The van der Waals surface area contributed by atoms with E-state index in [1.165, 1.54) is 0 Å². The molecule has 1 aromatic heterocycles. The minimum Gasteiger partial charge on any atom is -0.481 e. The molecule has 0 amide bonds. The van der Waals surface area contributed by atoms with Crippen molar-refractivity contribution in [1.29, 1.82) is 0 Å². The van der Waals surface area contributed by atoms with Gasteiger partial charge in [0.1, 0.15) is 0 Å². The fraction of sp³-hybridized carbons (Fsp3) is 0.318. The SMILES string of the molecule is NS(=O)(=O)c1c(-c2[nH]c3c(Cl)cccc3c2CC(=O)O)cccc1C1CCC(Cl)CC1. The first-order valence-corrected chi connectivity index (χ1v) is 12.3. The van der Waals surface area contributed by atoms with E-state index < -0.39 is 16.0 Å². The smallest absolute Gasteiger partial charge is 0.307 e. The number of carboxylic acid groups (broad SMARTS) is 1. The van der Waals surface area contributed by atoms with Crippen LogP contribution in [-0.2, 0) is 21.2 Å². The number of hydrogen-bond acceptors (Lipinski definition) is 3. The first-order chi connectivity index (χ1) is 14.7. The second kappa shape index (κ2) is 8.47. The van der Waals surface area contributed by atoms with E-state index in [2.05, 4.69) is 4.98 Å². The molecular formula is C22H22Cl2N2O4S. The standard InChI is InChI=1S/C22H22Cl2N2O4S/c23-13-9-7-12(8-10-13)14-3-1-5-16(22(14)31(25,29)30)20-17(11-19(27)28)15-4-2-6-18(24)21(15)26-20/h1-6,12-13,26H,7-11H2,(H,27,28)(H2,25,29,30). The first kappa shape index (κ1) is 22.1. The lowest BCUT2D eigenvalue weighted by atomic mass is 9.83. The van der Waals surface area contributed by atoms with Gasteiger partial charge in [-0.05, 0) is 48.8 Å². The van der Waals surface area contributed by atoms with Gasteiger partial charge < -0.3 is 10.1 Å². The zero-order valence-electron chi connectivity index (χ0n) is 16.6. The Morgan fingerprint density at radius 2 is 1.81 bits per heavy atom. The molecule has 1 fully saturated rings. The fourth-order valence-corrected chi connectivity index (χ4v) is 6.07. The molecule has 31 heavy (non-hydrogen) atoms. The zero-order chi connectivity index (χ0) is 22.3. The Labute approximate surface area is 190 Å². The number of hydrogen-bond donors (Lipinski definition) is 3. The predicted molar refractivity (Wildman–Crippen MR) is 122 cm³/mol. The summed E-state index contributed by atoms with van der Waals surface area (Å²) in [5.74, 6) is -1.02. The van der Waals surface area contributed by atoms with E-state index in [0.717, 1.165) is 25.7 Å². The highest BCUT2D eigenvalue weighted by Crippen LogP contribution is 2.42. The summed E-state index contributed by atoms with van der Waals surface area (Å²) in [5.41, 5.74) is 2.44. The van der Waals surface area contributed by atoms with Crippen molar-refractivity contribution in [1.82, 2.24) is 4.98 Å². The number of rotatable bonds is 5. The molecule has 0 aliphatic heterocycles. The van der Waals surface area contributed by atoms with Crippen LogP contribution in [0.4, 0.5) is 0 Å². The summed E-state index contributed by atoms with van der Waals surface area (Å²) in [6.45, 7) is 0. The fourth-order valence-electron chi connectivity index (χ4n) is 4.56. The number of halogens is 2. The van der Waals surface area contributed by atoms with E-state index in [1.807, 2.05) is 0 Å². The molecule has 164 valence electrons. The van der Waals surface area contributed by atoms with Crippen molar-refractivity contribution in [2.75, 3.05) is 0 Å². The number of carbonyl (C=O) groups is 1.